The van der Waals surface area contributed by atoms with Gasteiger partial charge in [-0.2, -0.15) is 0 Å². The van der Waals surface area contributed by atoms with E-state index in [-0.39, 0.29) is 5.60 Å². The normalized spacial score (nSPS) is 36.0. The third kappa shape index (κ3) is 2.12. The van der Waals surface area contributed by atoms with Crippen molar-refractivity contribution in [3.8, 4) is 0 Å². The van der Waals surface area contributed by atoms with Crippen molar-refractivity contribution < 1.29 is 5.11 Å². The predicted octanol–water partition coefficient (Wildman–Crippen LogP) is 2.02. The van der Waals surface area contributed by atoms with Crippen LogP contribution in [0.15, 0.2) is 0 Å². The maximum atomic E-state index is 10.5. The lowest BCUT2D eigenvalue weighted by Crippen LogP contribution is -2.35. The van der Waals surface area contributed by atoms with Crippen LogP contribution in [-0.2, 0) is 0 Å². The fourth-order valence-corrected chi connectivity index (χ4v) is 2.71. The molecule has 1 aliphatic heterocycles. The minimum Gasteiger partial charge on any atom is -0.390 e. The number of hydrogen-bond donors (Lipinski definition) is 1. The van der Waals surface area contributed by atoms with Crippen LogP contribution in [-0.4, -0.2) is 34.7 Å². The summed E-state index contributed by atoms with van der Waals surface area (Å²) in [6, 6.07) is 0.636. The molecule has 0 bridgehead atoms. The molecule has 1 N–H and O–H groups in total. The minimum absolute atomic E-state index is 0.302. The first-order valence-corrected chi connectivity index (χ1v) is 6.08. The van der Waals surface area contributed by atoms with Crippen molar-refractivity contribution in [2.75, 3.05) is 13.1 Å². The highest BCUT2D eigenvalue weighted by molar-refractivity contribution is 4.96. The summed E-state index contributed by atoms with van der Waals surface area (Å²) >= 11 is 0. The van der Waals surface area contributed by atoms with Crippen LogP contribution < -0.4 is 0 Å². The van der Waals surface area contributed by atoms with E-state index in [1.807, 2.05) is 0 Å². The molecule has 1 saturated heterocycles. The van der Waals surface area contributed by atoms with Gasteiger partial charge in [0.05, 0.1) is 5.60 Å². The van der Waals surface area contributed by atoms with Crippen LogP contribution in [0.5, 0.6) is 0 Å². The molecule has 2 fully saturated rings. The summed E-state index contributed by atoms with van der Waals surface area (Å²) in [6.07, 6.45) is 5.72. The highest BCUT2D eigenvalue weighted by Crippen LogP contribution is 2.45. The molecule has 14 heavy (non-hydrogen) atoms. The lowest BCUT2D eigenvalue weighted by atomic mass is 9.90. The standard InChI is InChI=1S/C12H23NO/c1-10(2)13-8-3-6-12(14,7-9-13)11-4-5-11/h10-11,14H,3-9H2,1-2H3. The molecule has 0 aromatic rings. The molecule has 0 aromatic heterocycles. The van der Waals surface area contributed by atoms with E-state index in [1.54, 1.807) is 0 Å². The van der Waals surface area contributed by atoms with Gasteiger partial charge < -0.3 is 10.0 Å². The molecule has 1 saturated carbocycles. The van der Waals surface area contributed by atoms with Crippen LogP contribution in [0.1, 0.15) is 46.0 Å². The first-order chi connectivity index (χ1) is 6.62. The molecule has 1 aliphatic carbocycles. The Bertz CT molecular complexity index is 200. The SMILES string of the molecule is CC(C)N1CCCC(O)(C2CC2)CC1. The highest BCUT2D eigenvalue weighted by atomic mass is 16.3. The lowest BCUT2D eigenvalue weighted by Gasteiger charge is -2.28. The molecular formula is C12H23NO. The Labute approximate surface area is 87.3 Å². The lowest BCUT2D eigenvalue weighted by molar-refractivity contribution is 0.00273. The smallest absolute Gasteiger partial charge is 0.0688 e. The monoisotopic (exact) mass is 197 g/mol. The predicted molar refractivity (Wildman–Crippen MR) is 58.2 cm³/mol. The number of nitrogens with zero attached hydrogens (tertiary/aromatic N) is 1. The summed E-state index contributed by atoms with van der Waals surface area (Å²) in [6.45, 7) is 6.76. The van der Waals surface area contributed by atoms with Gasteiger partial charge in [-0.05, 0) is 58.4 Å². The largest absolute Gasteiger partial charge is 0.390 e. The van der Waals surface area contributed by atoms with Gasteiger partial charge in [-0.25, -0.2) is 0 Å². The minimum atomic E-state index is -0.302. The Morgan fingerprint density at radius 2 is 1.93 bits per heavy atom. The number of likely N-dealkylation sites (tertiary alicyclic amines) is 1. The van der Waals surface area contributed by atoms with Crippen molar-refractivity contribution in [1.82, 2.24) is 4.90 Å². The van der Waals surface area contributed by atoms with Crippen molar-refractivity contribution in [2.45, 2.75) is 57.6 Å². The molecule has 0 radical (unpaired) electrons. The van der Waals surface area contributed by atoms with Crippen LogP contribution in [0, 0.1) is 5.92 Å². The van der Waals surface area contributed by atoms with Crippen LogP contribution >= 0.6 is 0 Å². The fourth-order valence-electron chi connectivity index (χ4n) is 2.71. The third-order valence-corrected chi connectivity index (χ3v) is 3.95. The van der Waals surface area contributed by atoms with Gasteiger partial charge in [-0.1, -0.05) is 0 Å². The average Bonchev–Trinajstić information content (AvgIpc) is 2.88. The van der Waals surface area contributed by atoms with Crippen molar-refractivity contribution in [3.63, 3.8) is 0 Å². The Hall–Kier alpha value is -0.0800. The van der Waals surface area contributed by atoms with E-state index < -0.39 is 0 Å². The summed E-state index contributed by atoms with van der Waals surface area (Å²) in [5, 5.41) is 10.5. The number of rotatable bonds is 2. The summed E-state index contributed by atoms with van der Waals surface area (Å²) < 4.78 is 0. The van der Waals surface area contributed by atoms with Crippen LogP contribution in [0.2, 0.25) is 0 Å². The maximum Gasteiger partial charge on any atom is 0.0688 e. The van der Waals surface area contributed by atoms with Crippen molar-refractivity contribution in [1.29, 1.82) is 0 Å². The summed E-state index contributed by atoms with van der Waals surface area (Å²) in [5.74, 6) is 0.634. The van der Waals surface area contributed by atoms with Gasteiger partial charge in [0.25, 0.3) is 0 Å². The van der Waals surface area contributed by atoms with Crippen LogP contribution in [0.3, 0.4) is 0 Å². The van der Waals surface area contributed by atoms with E-state index in [1.165, 1.54) is 25.8 Å². The van der Waals surface area contributed by atoms with Gasteiger partial charge in [-0.15, -0.1) is 0 Å². The Kier molecular flexibility index (Phi) is 2.85. The van der Waals surface area contributed by atoms with Gasteiger partial charge in [-0.3, -0.25) is 0 Å². The second-order valence-electron chi connectivity index (χ2n) is 5.36. The molecule has 82 valence electrons. The Morgan fingerprint density at radius 1 is 1.21 bits per heavy atom. The van der Waals surface area contributed by atoms with Crippen LogP contribution in [0.4, 0.5) is 0 Å². The average molecular weight is 197 g/mol. The number of hydrogen-bond acceptors (Lipinski definition) is 2. The summed E-state index contributed by atoms with van der Waals surface area (Å²) in [4.78, 5) is 2.50. The molecule has 0 spiro atoms. The molecule has 1 atom stereocenters. The molecule has 2 aliphatic rings. The molecule has 0 aromatic carbocycles. The molecule has 2 nitrogen and oxygen atoms in total. The molecular weight excluding hydrogens is 174 g/mol. The topological polar surface area (TPSA) is 23.5 Å². The summed E-state index contributed by atoms with van der Waals surface area (Å²) in [7, 11) is 0. The van der Waals surface area contributed by atoms with E-state index in [2.05, 4.69) is 18.7 Å². The maximum absolute atomic E-state index is 10.5. The van der Waals surface area contributed by atoms with Crippen molar-refractivity contribution >= 4 is 0 Å². The first-order valence-electron chi connectivity index (χ1n) is 6.08. The molecule has 1 heterocycles. The van der Waals surface area contributed by atoms with E-state index in [4.69, 9.17) is 0 Å². The van der Waals surface area contributed by atoms with Gasteiger partial charge in [0.15, 0.2) is 0 Å². The van der Waals surface area contributed by atoms with E-state index in [0.29, 0.717) is 12.0 Å². The third-order valence-electron chi connectivity index (χ3n) is 3.95. The second kappa shape index (κ2) is 3.82. The van der Waals surface area contributed by atoms with Gasteiger partial charge in [0.2, 0.25) is 0 Å². The van der Waals surface area contributed by atoms with Crippen LogP contribution in [0.25, 0.3) is 0 Å². The summed E-state index contributed by atoms with van der Waals surface area (Å²) in [5.41, 5.74) is -0.302. The fraction of sp³-hybridized carbons (Fsp3) is 1.00. The van der Waals surface area contributed by atoms with Crippen molar-refractivity contribution in [2.24, 2.45) is 5.92 Å². The number of aliphatic hydroxyl groups is 1. The van der Waals surface area contributed by atoms with Crippen molar-refractivity contribution in [3.05, 3.63) is 0 Å². The van der Waals surface area contributed by atoms with Gasteiger partial charge >= 0.3 is 0 Å². The Balaban J connectivity index is 1.93. The molecule has 1 unspecified atom stereocenters. The second-order valence-corrected chi connectivity index (χ2v) is 5.36. The quantitative estimate of drug-likeness (QED) is 0.732. The van der Waals surface area contributed by atoms with E-state index in [0.717, 1.165) is 19.4 Å². The zero-order valence-electron chi connectivity index (χ0n) is 9.50. The zero-order chi connectivity index (χ0) is 10.2. The molecule has 2 rings (SSSR count). The van der Waals surface area contributed by atoms with Gasteiger partial charge in [0.1, 0.15) is 0 Å². The zero-order valence-corrected chi connectivity index (χ0v) is 9.50. The van der Waals surface area contributed by atoms with Gasteiger partial charge in [0, 0.05) is 12.6 Å². The molecule has 0 amide bonds. The highest BCUT2D eigenvalue weighted by Gasteiger charge is 2.44. The van der Waals surface area contributed by atoms with E-state index >= 15 is 0 Å². The first kappa shape index (κ1) is 10.4. The van der Waals surface area contributed by atoms with E-state index in [9.17, 15) is 5.11 Å². The Morgan fingerprint density at radius 3 is 2.50 bits per heavy atom. The molecule has 2 heteroatoms.